The summed E-state index contributed by atoms with van der Waals surface area (Å²) in [5.74, 6) is 0. The third kappa shape index (κ3) is 5.22. The monoisotopic (exact) mass is 277 g/mol. The van der Waals surface area contributed by atoms with E-state index >= 15 is 0 Å². The van der Waals surface area contributed by atoms with Crippen LogP contribution in [0.2, 0.25) is 0 Å². The zero-order valence-electron chi connectivity index (χ0n) is 11.5. The molecule has 1 unspecified atom stereocenters. The number of nitrogens with one attached hydrogen (secondary N) is 2. The lowest BCUT2D eigenvalue weighted by molar-refractivity contribution is 0.0490. The fourth-order valence-corrected chi connectivity index (χ4v) is 2.73. The number of alkyl carbamates (subject to hydrolysis) is 1. The van der Waals surface area contributed by atoms with Gasteiger partial charge in [-0.3, -0.25) is 0 Å². The summed E-state index contributed by atoms with van der Waals surface area (Å²) in [6, 6.07) is 0.0397. The molecule has 0 aromatic heterocycles. The van der Waals surface area contributed by atoms with E-state index in [9.17, 15) is 9.00 Å². The Morgan fingerprint density at radius 2 is 1.89 bits per heavy atom. The Bertz CT molecular complexity index is 392. The largest absolute Gasteiger partial charge is 0.444 e. The molecule has 0 aliphatic carbocycles. The van der Waals surface area contributed by atoms with E-state index in [1.165, 1.54) is 6.26 Å². The number of rotatable bonds is 2. The molecule has 1 saturated heterocycles. The van der Waals surface area contributed by atoms with Gasteiger partial charge < -0.3 is 10.1 Å². The molecule has 18 heavy (non-hydrogen) atoms. The molecule has 0 aromatic rings. The first kappa shape index (κ1) is 15.2. The van der Waals surface area contributed by atoms with Crippen LogP contribution in [0.3, 0.4) is 0 Å². The molecule has 1 heterocycles. The highest BCUT2D eigenvalue weighted by atomic mass is 32.2. The van der Waals surface area contributed by atoms with Crippen molar-refractivity contribution in [1.82, 2.24) is 9.62 Å². The molecule has 0 radical (unpaired) electrons. The molecule has 7 heteroatoms. The molecular weight excluding hydrogens is 254 g/mol. The molecule has 0 saturated carbocycles. The summed E-state index contributed by atoms with van der Waals surface area (Å²) in [6.45, 7) is 6.60. The smallest absolute Gasteiger partial charge is 0.407 e. The van der Waals surface area contributed by atoms with Crippen molar-refractivity contribution in [3.05, 3.63) is 0 Å². The molecule has 6 nitrogen and oxygen atoms in total. The van der Waals surface area contributed by atoms with Gasteiger partial charge in [-0.25, -0.2) is 18.1 Å². The molecule has 0 spiro atoms. The SMILES string of the molecule is CC(C)(C)OC(=O)NC1CCN(S(C)(=N)=O)CC1. The highest BCUT2D eigenvalue weighted by Gasteiger charge is 2.25. The molecule has 1 atom stereocenters. The Labute approximate surface area is 109 Å². The maximum atomic E-state index is 11.6. The van der Waals surface area contributed by atoms with Gasteiger partial charge in [0.25, 0.3) is 0 Å². The van der Waals surface area contributed by atoms with Gasteiger partial charge in [-0.2, -0.15) is 0 Å². The van der Waals surface area contributed by atoms with Gasteiger partial charge >= 0.3 is 6.09 Å². The number of nitrogens with zero attached hydrogens (tertiary/aromatic N) is 1. The lowest BCUT2D eigenvalue weighted by Gasteiger charge is -2.32. The van der Waals surface area contributed by atoms with Crippen LogP contribution in [0, 0.1) is 4.78 Å². The van der Waals surface area contributed by atoms with Crippen LogP contribution in [-0.4, -0.2) is 45.6 Å². The summed E-state index contributed by atoms with van der Waals surface area (Å²) < 4.78 is 25.9. The van der Waals surface area contributed by atoms with E-state index in [0.717, 1.165) is 0 Å². The highest BCUT2D eigenvalue weighted by Crippen LogP contribution is 2.14. The quantitative estimate of drug-likeness (QED) is 0.803. The lowest BCUT2D eigenvalue weighted by Crippen LogP contribution is -2.47. The lowest BCUT2D eigenvalue weighted by atomic mass is 10.1. The van der Waals surface area contributed by atoms with Gasteiger partial charge in [0.2, 0.25) is 0 Å². The first-order valence-corrected chi connectivity index (χ1v) is 7.98. The van der Waals surface area contributed by atoms with Crippen LogP contribution in [-0.2, 0) is 14.7 Å². The minimum atomic E-state index is -2.62. The number of carbonyl (C=O) groups excluding carboxylic acids is 1. The van der Waals surface area contributed by atoms with E-state index in [1.54, 1.807) is 4.31 Å². The number of carbonyl (C=O) groups is 1. The second-order valence-corrected chi connectivity index (χ2v) is 7.77. The summed E-state index contributed by atoms with van der Waals surface area (Å²) in [6.07, 6.45) is 2.41. The zero-order chi connectivity index (χ0) is 14.0. The Morgan fingerprint density at radius 3 is 2.28 bits per heavy atom. The van der Waals surface area contributed by atoms with Crippen molar-refractivity contribution in [1.29, 1.82) is 4.78 Å². The average Bonchev–Trinajstić information content (AvgIpc) is 2.13. The molecule has 0 bridgehead atoms. The number of ether oxygens (including phenoxy) is 1. The molecule has 1 fully saturated rings. The molecule has 1 amide bonds. The minimum absolute atomic E-state index is 0.0397. The van der Waals surface area contributed by atoms with E-state index in [2.05, 4.69) is 5.32 Å². The average molecular weight is 277 g/mol. The van der Waals surface area contributed by atoms with Crippen LogP contribution in [0.4, 0.5) is 4.79 Å². The predicted molar refractivity (Wildman–Crippen MR) is 70.8 cm³/mol. The first-order valence-electron chi connectivity index (χ1n) is 6.06. The zero-order valence-corrected chi connectivity index (χ0v) is 12.3. The molecule has 1 aliphatic rings. The van der Waals surface area contributed by atoms with E-state index in [1.807, 2.05) is 20.8 Å². The van der Waals surface area contributed by atoms with Crippen molar-refractivity contribution >= 4 is 16.0 Å². The molecular formula is C11H23N3O3S. The van der Waals surface area contributed by atoms with Crippen molar-refractivity contribution in [2.45, 2.75) is 45.3 Å². The number of hydrogen-bond donors (Lipinski definition) is 2. The standard InChI is InChI=1S/C11H23N3O3S/c1-11(2,3)17-10(15)13-9-5-7-14(8-6-9)18(4,12)16/h9,12H,5-8H2,1-4H3,(H,13,15). The van der Waals surface area contributed by atoms with Crippen molar-refractivity contribution < 1.29 is 13.7 Å². The van der Waals surface area contributed by atoms with Crippen LogP contribution in [0.1, 0.15) is 33.6 Å². The summed E-state index contributed by atoms with van der Waals surface area (Å²) in [4.78, 5) is 11.6. The Morgan fingerprint density at radius 1 is 1.39 bits per heavy atom. The fraction of sp³-hybridized carbons (Fsp3) is 0.909. The van der Waals surface area contributed by atoms with E-state index in [0.29, 0.717) is 25.9 Å². The third-order valence-corrected chi connectivity index (χ3v) is 4.02. The van der Waals surface area contributed by atoms with Gasteiger partial charge in [-0.05, 0) is 33.6 Å². The highest BCUT2D eigenvalue weighted by molar-refractivity contribution is 7.89. The summed E-state index contributed by atoms with van der Waals surface area (Å²) in [5.41, 5.74) is -0.496. The first-order chi connectivity index (χ1) is 8.08. The summed E-state index contributed by atoms with van der Waals surface area (Å²) in [7, 11) is -2.62. The number of hydrogen-bond acceptors (Lipinski definition) is 4. The second-order valence-electron chi connectivity index (χ2n) is 5.65. The van der Waals surface area contributed by atoms with Gasteiger partial charge in [0, 0.05) is 25.4 Å². The third-order valence-electron chi connectivity index (χ3n) is 2.67. The van der Waals surface area contributed by atoms with Crippen molar-refractivity contribution in [3.8, 4) is 0 Å². The summed E-state index contributed by atoms with van der Waals surface area (Å²) >= 11 is 0. The van der Waals surface area contributed by atoms with E-state index in [-0.39, 0.29) is 6.04 Å². The molecule has 1 rings (SSSR count). The second kappa shape index (κ2) is 5.44. The Balaban J connectivity index is 2.38. The van der Waals surface area contributed by atoms with Gasteiger partial charge in [0.1, 0.15) is 15.5 Å². The normalized spacial score (nSPS) is 22.2. The molecule has 1 aliphatic heterocycles. The molecule has 2 N–H and O–H groups in total. The predicted octanol–water partition coefficient (Wildman–Crippen LogP) is 1.57. The topological polar surface area (TPSA) is 82.5 Å². The molecule has 0 aromatic carbocycles. The Kier molecular flexibility index (Phi) is 4.61. The Hall–Kier alpha value is -0.820. The summed E-state index contributed by atoms with van der Waals surface area (Å²) in [5, 5.41) is 2.81. The maximum Gasteiger partial charge on any atom is 0.407 e. The van der Waals surface area contributed by atoms with E-state index < -0.39 is 21.6 Å². The minimum Gasteiger partial charge on any atom is -0.444 e. The molecule has 106 valence electrons. The van der Waals surface area contributed by atoms with Gasteiger partial charge in [-0.15, -0.1) is 0 Å². The fourth-order valence-electron chi connectivity index (χ4n) is 1.82. The van der Waals surface area contributed by atoms with E-state index in [4.69, 9.17) is 9.52 Å². The van der Waals surface area contributed by atoms with Crippen molar-refractivity contribution in [3.63, 3.8) is 0 Å². The van der Waals surface area contributed by atoms with Crippen LogP contribution < -0.4 is 5.32 Å². The van der Waals surface area contributed by atoms with Gasteiger partial charge in [0.15, 0.2) is 0 Å². The van der Waals surface area contributed by atoms with Crippen molar-refractivity contribution in [2.24, 2.45) is 0 Å². The van der Waals surface area contributed by atoms with Crippen LogP contribution in [0.5, 0.6) is 0 Å². The van der Waals surface area contributed by atoms with Gasteiger partial charge in [0.05, 0.1) is 0 Å². The maximum absolute atomic E-state index is 11.6. The van der Waals surface area contributed by atoms with Crippen LogP contribution >= 0.6 is 0 Å². The number of piperidine rings is 1. The van der Waals surface area contributed by atoms with Crippen LogP contribution in [0.15, 0.2) is 0 Å². The van der Waals surface area contributed by atoms with Crippen molar-refractivity contribution in [2.75, 3.05) is 19.3 Å². The van der Waals surface area contributed by atoms with Gasteiger partial charge in [-0.1, -0.05) is 0 Å². The van der Waals surface area contributed by atoms with Crippen LogP contribution in [0.25, 0.3) is 0 Å². The number of amides is 1.